The fourth-order valence-electron chi connectivity index (χ4n) is 11.1. The molecule has 0 radical (unpaired) electrons. The Labute approximate surface area is 409 Å². The number of ketones is 2. The molecule has 9 rings (SSSR count). The molecule has 2 saturated heterocycles. The van der Waals surface area contributed by atoms with E-state index in [1.165, 1.54) is 37.5 Å². The highest BCUT2D eigenvalue weighted by Crippen LogP contribution is 2.73. The van der Waals surface area contributed by atoms with Gasteiger partial charge in [-0.25, -0.2) is 9.59 Å². The van der Waals surface area contributed by atoms with Gasteiger partial charge in [-0.05, 0) is 117 Å². The number of carbonyl (C=O) groups excluding carboxylic acids is 4. The summed E-state index contributed by atoms with van der Waals surface area (Å²) in [6, 6.07) is 5.51. The number of benzene rings is 2. The summed E-state index contributed by atoms with van der Waals surface area (Å²) in [5.74, 6) is -4.35. The molecule has 3 saturated carbocycles. The van der Waals surface area contributed by atoms with Gasteiger partial charge in [0.2, 0.25) is 6.29 Å². The number of methoxy groups -OCH3 is 1. The van der Waals surface area contributed by atoms with E-state index in [2.05, 4.69) is 22.0 Å². The molecule has 372 valence electrons. The maximum Gasteiger partial charge on any atom is 0.343 e. The maximum atomic E-state index is 16.1. The molecular formula is C52H61BrO16. The molecule has 0 aromatic heterocycles. The van der Waals surface area contributed by atoms with E-state index in [4.69, 9.17) is 33.2 Å². The van der Waals surface area contributed by atoms with Crippen molar-refractivity contribution in [2.45, 2.75) is 151 Å². The average Bonchev–Trinajstić information content (AvgIpc) is 3.44. The quantitative estimate of drug-likeness (QED) is 0.0541. The summed E-state index contributed by atoms with van der Waals surface area (Å²) in [6.45, 7) is 14.3. The molecule has 4 bridgehead atoms. The third-order valence-corrected chi connectivity index (χ3v) is 16.1. The first-order valence-electron chi connectivity index (χ1n) is 23.2. The van der Waals surface area contributed by atoms with E-state index in [-0.39, 0.29) is 64.5 Å². The molecule has 17 heteroatoms. The molecule has 16 nitrogen and oxygen atoms in total. The highest BCUT2D eigenvalue weighted by molar-refractivity contribution is 9.10. The Morgan fingerprint density at radius 3 is 2.22 bits per heavy atom. The predicted octanol–water partition coefficient (Wildman–Crippen LogP) is 5.59. The minimum atomic E-state index is -2.07. The lowest BCUT2D eigenvalue weighted by atomic mass is 9.45. The summed E-state index contributed by atoms with van der Waals surface area (Å²) in [5.41, 5.74) is -3.06. The number of rotatable bonds is 13. The number of alkyl halides is 1. The van der Waals surface area contributed by atoms with E-state index < -0.39 is 105 Å². The number of hydrogen-bond acceptors (Lipinski definition) is 16. The van der Waals surface area contributed by atoms with Crippen molar-refractivity contribution in [3.63, 3.8) is 0 Å². The summed E-state index contributed by atoms with van der Waals surface area (Å²) in [5, 5.41) is 53.1. The smallest absolute Gasteiger partial charge is 0.343 e. The summed E-state index contributed by atoms with van der Waals surface area (Å²) in [6.07, 6.45) is 1.25. The van der Waals surface area contributed by atoms with Crippen LogP contribution in [-0.2, 0) is 30.2 Å². The summed E-state index contributed by atoms with van der Waals surface area (Å²) < 4.78 is 41.9. The second kappa shape index (κ2) is 18.2. The molecule has 2 aromatic carbocycles. The van der Waals surface area contributed by atoms with Crippen molar-refractivity contribution in [2.75, 3.05) is 13.7 Å². The van der Waals surface area contributed by atoms with Crippen LogP contribution in [0, 0.1) is 11.8 Å². The molecule has 7 aliphatic rings. The number of carbonyl (C=O) groups is 4. The van der Waals surface area contributed by atoms with Crippen molar-refractivity contribution in [3.05, 3.63) is 87.5 Å². The van der Waals surface area contributed by atoms with Crippen molar-refractivity contribution in [1.82, 2.24) is 0 Å². The lowest BCUT2D eigenvalue weighted by molar-refractivity contribution is -0.277. The molecule has 69 heavy (non-hydrogen) atoms. The monoisotopic (exact) mass is 1020 g/mol. The summed E-state index contributed by atoms with van der Waals surface area (Å²) >= 11 is 3.80. The highest BCUT2D eigenvalue weighted by Gasteiger charge is 2.90. The molecular weight excluding hydrogens is 960 g/mol. The van der Waals surface area contributed by atoms with Gasteiger partial charge in [0.25, 0.3) is 0 Å². The predicted molar refractivity (Wildman–Crippen MR) is 252 cm³/mol. The van der Waals surface area contributed by atoms with Gasteiger partial charge in [0.15, 0.2) is 32.8 Å². The Morgan fingerprint density at radius 1 is 0.899 bits per heavy atom. The van der Waals surface area contributed by atoms with Crippen LogP contribution in [-0.4, -0.2) is 126 Å². The number of halogens is 1. The molecule has 7 unspecified atom stereocenters. The maximum absolute atomic E-state index is 16.1. The molecule has 12 atom stereocenters. The average molecular weight is 1020 g/mol. The van der Waals surface area contributed by atoms with Gasteiger partial charge < -0.3 is 58.7 Å². The van der Waals surface area contributed by atoms with Crippen LogP contribution < -0.4 is 18.9 Å². The van der Waals surface area contributed by atoms with Crippen LogP contribution in [0.1, 0.15) is 113 Å². The zero-order chi connectivity index (χ0) is 50.3. The number of aliphatic hydroxyl groups is 5. The standard InChI is InChI=1S/C52H61BrO16/c1-25(2)11-10-20-49(8)21-19-31-39(67-49)30(17-12-26(3)4)41-35(40(31)66-46(62)28-13-15-29(16-14-28)64-47-38(57)37(56)36(55)33(24-54)65-47)44(60)51(53)43(59)32-23-34-48(6,7)69-50(42(32)58,52(34,51)68-41)22-18-27(5)45(61)63-9/h11-16,18-19,21,32-34,36-38,43,47,54-57,59H,10,17,20,22-24H2,1-9H3/t32?,33-,34?,36-,37+,38-,43?,47-,49?,50?,51?,52?/m1/s1. The fourth-order valence-corrected chi connectivity index (χ4v) is 12.3. The molecule has 0 amide bonds. The van der Waals surface area contributed by atoms with E-state index in [9.17, 15) is 35.1 Å². The number of Topliss-reactive ketones (excluding diaryl/α,β-unsaturated/α-hetero) is 2. The van der Waals surface area contributed by atoms with Crippen LogP contribution >= 0.6 is 15.9 Å². The van der Waals surface area contributed by atoms with Crippen LogP contribution in [0.4, 0.5) is 0 Å². The van der Waals surface area contributed by atoms with Gasteiger partial charge in [0, 0.05) is 29.4 Å². The Kier molecular flexibility index (Phi) is 13.3. The second-order valence-electron chi connectivity index (χ2n) is 20.2. The Balaban J connectivity index is 1.30. The normalized spacial score (nSPS) is 34.6. The molecule has 5 N–H and O–H groups in total. The Bertz CT molecular complexity index is 2570. The topological polar surface area (TPSA) is 234 Å². The highest BCUT2D eigenvalue weighted by atomic mass is 79.9. The molecule has 4 heterocycles. The first-order valence-corrected chi connectivity index (χ1v) is 24.0. The zero-order valence-corrected chi connectivity index (χ0v) is 41.7. The third-order valence-electron chi connectivity index (χ3n) is 14.7. The van der Waals surface area contributed by atoms with Gasteiger partial charge in [0.1, 0.15) is 52.8 Å². The molecule has 5 fully saturated rings. The number of hydrogen-bond donors (Lipinski definition) is 5. The largest absolute Gasteiger partial charge is 0.482 e. The lowest BCUT2D eigenvalue weighted by Gasteiger charge is -2.65. The van der Waals surface area contributed by atoms with E-state index >= 15 is 9.59 Å². The van der Waals surface area contributed by atoms with E-state index in [0.29, 0.717) is 18.4 Å². The van der Waals surface area contributed by atoms with E-state index in [1.807, 2.05) is 60.6 Å². The van der Waals surface area contributed by atoms with Crippen LogP contribution in [0.3, 0.4) is 0 Å². The number of esters is 2. The fraction of sp³-hybridized carbons (Fsp3) is 0.538. The molecule has 3 aliphatic carbocycles. The van der Waals surface area contributed by atoms with Crippen LogP contribution in [0.5, 0.6) is 23.0 Å². The number of fused-ring (bicyclic) bond motifs is 2. The van der Waals surface area contributed by atoms with Crippen molar-refractivity contribution < 1.29 is 77.9 Å². The Hall–Kier alpha value is -4.72. The molecule has 2 aromatic rings. The van der Waals surface area contributed by atoms with Crippen molar-refractivity contribution >= 4 is 45.5 Å². The van der Waals surface area contributed by atoms with Crippen molar-refractivity contribution in [2.24, 2.45) is 11.8 Å². The van der Waals surface area contributed by atoms with E-state index in [1.54, 1.807) is 13.0 Å². The minimum absolute atomic E-state index is 0.00370. The summed E-state index contributed by atoms with van der Waals surface area (Å²) in [7, 11) is 1.25. The molecule has 1 spiro atoms. The third kappa shape index (κ3) is 7.91. The number of ether oxygens (including phenoxy) is 7. The van der Waals surface area contributed by atoms with Gasteiger partial charge >= 0.3 is 11.9 Å². The number of aliphatic hydroxyl groups excluding tert-OH is 5. The first-order chi connectivity index (χ1) is 32.4. The lowest BCUT2D eigenvalue weighted by Crippen LogP contribution is -2.86. The summed E-state index contributed by atoms with van der Waals surface area (Å²) in [4.78, 5) is 58.4. The zero-order valence-electron chi connectivity index (χ0n) is 40.2. The Morgan fingerprint density at radius 2 is 1.58 bits per heavy atom. The minimum Gasteiger partial charge on any atom is -0.482 e. The van der Waals surface area contributed by atoms with Gasteiger partial charge in [0.05, 0.1) is 36.5 Å². The SMILES string of the molecule is COC(=O)C(C)=CCC12OC(C)(C)C3CC(C1=O)C(O)C1(Br)C(=O)c4c(OC(=O)c5ccc(O[C@@H]6O[C@H](CO)[C@@H](O)[C@H](O)[C@H]6O)cc5)c5c(c(CC=C(C)C)c4OC321)OC(C)(CCC=C(C)C)C=C5. The second-order valence-corrected chi connectivity index (χ2v) is 21.5. The van der Waals surface area contributed by atoms with Gasteiger partial charge in [-0.1, -0.05) is 45.3 Å². The van der Waals surface area contributed by atoms with E-state index in [0.717, 1.165) is 11.1 Å². The van der Waals surface area contributed by atoms with Crippen LogP contribution in [0.15, 0.2) is 65.3 Å². The first kappa shape index (κ1) is 50.7. The van der Waals surface area contributed by atoms with Gasteiger partial charge in [-0.2, -0.15) is 0 Å². The van der Waals surface area contributed by atoms with Crippen LogP contribution in [0.2, 0.25) is 0 Å². The van der Waals surface area contributed by atoms with Crippen molar-refractivity contribution in [3.8, 4) is 23.0 Å². The van der Waals surface area contributed by atoms with Gasteiger partial charge in [-0.3, -0.25) is 9.59 Å². The van der Waals surface area contributed by atoms with Crippen LogP contribution in [0.25, 0.3) is 6.08 Å². The number of allylic oxidation sites excluding steroid dienone is 4. The van der Waals surface area contributed by atoms with Crippen molar-refractivity contribution in [1.29, 1.82) is 0 Å². The molecule has 4 aliphatic heterocycles. The van der Waals surface area contributed by atoms with Gasteiger partial charge in [-0.15, -0.1) is 0 Å².